The zero-order valence-corrected chi connectivity index (χ0v) is 14.9. The molecule has 0 saturated carbocycles. The number of benzene rings is 1. The molecule has 0 radical (unpaired) electrons. The van der Waals surface area contributed by atoms with E-state index in [2.05, 4.69) is 56.6 Å². The third kappa shape index (κ3) is 2.72. The number of hydrogen-bond acceptors (Lipinski definition) is 4. The number of H-pyrrole nitrogens is 1. The molecule has 1 atom stereocenters. The Bertz CT molecular complexity index is 886. The highest BCUT2D eigenvalue weighted by Crippen LogP contribution is 2.44. The SMILES string of the molecule is c1ccc(-c2ncc3c(n2)C2(CCCN(Cc4ccn[nH]4)C2)CC3)cc1. The second kappa shape index (κ2) is 6.32. The molecule has 3 heterocycles. The van der Waals surface area contributed by atoms with E-state index in [4.69, 9.17) is 4.98 Å². The van der Waals surface area contributed by atoms with Crippen molar-refractivity contribution >= 4 is 0 Å². The molecule has 1 spiro atoms. The number of nitrogens with zero attached hydrogens (tertiary/aromatic N) is 4. The highest BCUT2D eigenvalue weighted by molar-refractivity contribution is 5.55. The van der Waals surface area contributed by atoms with Gasteiger partial charge in [-0.25, -0.2) is 9.97 Å². The number of nitrogens with one attached hydrogen (secondary N) is 1. The summed E-state index contributed by atoms with van der Waals surface area (Å²) in [6.07, 6.45) is 8.63. The number of fused-ring (bicyclic) bond motifs is 2. The van der Waals surface area contributed by atoms with Crippen molar-refractivity contribution in [1.29, 1.82) is 0 Å². The zero-order chi connectivity index (χ0) is 17.4. The maximum atomic E-state index is 5.07. The van der Waals surface area contributed by atoms with Crippen molar-refractivity contribution in [2.24, 2.45) is 0 Å². The lowest BCUT2D eigenvalue weighted by atomic mass is 9.77. The second-order valence-electron chi connectivity index (χ2n) is 7.61. The van der Waals surface area contributed by atoms with Gasteiger partial charge in [-0.15, -0.1) is 0 Å². The van der Waals surface area contributed by atoms with Crippen LogP contribution in [0.1, 0.15) is 36.2 Å². The van der Waals surface area contributed by atoms with Crippen molar-refractivity contribution < 1.29 is 0 Å². The van der Waals surface area contributed by atoms with E-state index in [1.54, 1.807) is 0 Å². The molecule has 2 aliphatic rings. The van der Waals surface area contributed by atoms with Crippen molar-refractivity contribution in [3.8, 4) is 11.4 Å². The average Bonchev–Trinajstić information content (AvgIpc) is 3.31. The average molecular weight is 345 g/mol. The molecule has 1 aliphatic heterocycles. The lowest BCUT2D eigenvalue weighted by Crippen LogP contribution is -2.45. The van der Waals surface area contributed by atoms with Gasteiger partial charge in [-0.05, 0) is 43.9 Å². The molecular weight excluding hydrogens is 322 g/mol. The summed E-state index contributed by atoms with van der Waals surface area (Å²) >= 11 is 0. The van der Waals surface area contributed by atoms with Gasteiger partial charge >= 0.3 is 0 Å². The van der Waals surface area contributed by atoms with E-state index in [1.807, 2.05) is 12.3 Å². The van der Waals surface area contributed by atoms with Crippen molar-refractivity contribution in [3.63, 3.8) is 0 Å². The monoisotopic (exact) mass is 345 g/mol. The predicted molar refractivity (Wildman–Crippen MR) is 101 cm³/mol. The first kappa shape index (κ1) is 15.7. The summed E-state index contributed by atoms with van der Waals surface area (Å²) < 4.78 is 0. The summed E-state index contributed by atoms with van der Waals surface area (Å²) in [5.74, 6) is 0.858. The minimum Gasteiger partial charge on any atom is -0.297 e. The van der Waals surface area contributed by atoms with Gasteiger partial charge in [-0.3, -0.25) is 10.00 Å². The first-order valence-corrected chi connectivity index (χ1v) is 9.45. The molecule has 1 aliphatic carbocycles. The summed E-state index contributed by atoms with van der Waals surface area (Å²) in [7, 11) is 0. The van der Waals surface area contributed by atoms with Crippen LogP contribution in [-0.4, -0.2) is 38.2 Å². The van der Waals surface area contributed by atoms with Gasteiger partial charge in [0.25, 0.3) is 0 Å². The van der Waals surface area contributed by atoms with Crippen molar-refractivity contribution in [1.82, 2.24) is 25.1 Å². The number of piperidine rings is 1. The molecule has 1 aromatic carbocycles. The molecule has 3 aromatic rings. The van der Waals surface area contributed by atoms with Crippen LogP contribution in [0.2, 0.25) is 0 Å². The van der Waals surface area contributed by atoms with E-state index in [1.165, 1.54) is 36.2 Å². The maximum absolute atomic E-state index is 5.07. The molecule has 0 amide bonds. The Morgan fingerprint density at radius 2 is 2.04 bits per heavy atom. The molecule has 26 heavy (non-hydrogen) atoms. The zero-order valence-electron chi connectivity index (χ0n) is 14.9. The Morgan fingerprint density at radius 3 is 2.88 bits per heavy atom. The fourth-order valence-corrected chi connectivity index (χ4v) is 4.64. The van der Waals surface area contributed by atoms with Crippen LogP contribution < -0.4 is 0 Å². The first-order valence-electron chi connectivity index (χ1n) is 9.45. The Kier molecular flexibility index (Phi) is 3.82. The summed E-state index contributed by atoms with van der Waals surface area (Å²) in [5, 5.41) is 7.18. The normalized spacial score (nSPS) is 22.6. The minimum atomic E-state index is 0.181. The van der Waals surface area contributed by atoms with E-state index in [-0.39, 0.29) is 5.41 Å². The molecule has 2 aromatic heterocycles. The minimum absolute atomic E-state index is 0.181. The Morgan fingerprint density at radius 1 is 1.12 bits per heavy atom. The van der Waals surface area contributed by atoms with Crippen LogP contribution in [0, 0.1) is 0 Å². The van der Waals surface area contributed by atoms with Gasteiger partial charge in [0.1, 0.15) is 0 Å². The van der Waals surface area contributed by atoms with Crippen molar-refractivity contribution in [2.45, 2.75) is 37.6 Å². The van der Waals surface area contributed by atoms with E-state index < -0.39 is 0 Å². The van der Waals surface area contributed by atoms with Gasteiger partial charge in [0.2, 0.25) is 0 Å². The number of likely N-dealkylation sites (tertiary alicyclic amines) is 1. The molecule has 1 fully saturated rings. The Labute approximate surface area is 153 Å². The van der Waals surface area contributed by atoms with Crippen LogP contribution in [0.25, 0.3) is 11.4 Å². The number of aryl methyl sites for hydroxylation is 1. The molecule has 132 valence electrons. The van der Waals surface area contributed by atoms with Crippen LogP contribution >= 0.6 is 0 Å². The van der Waals surface area contributed by atoms with Crippen LogP contribution in [0.5, 0.6) is 0 Å². The largest absolute Gasteiger partial charge is 0.297 e. The summed E-state index contributed by atoms with van der Waals surface area (Å²) in [6, 6.07) is 12.4. The molecule has 0 bridgehead atoms. The number of aromatic amines is 1. The van der Waals surface area contributed by atoms with Crippen molar-refractivity contribution in [3.05, 3.63) is 65.7 Å². The molecular formula is C21H23N5. The van der Waals surface area contributed by atoms with E-state index in [0.717, 1.165) is 37.4 Å². The highest BCUT2D eigenvalue weighted by atomic mass is 15.2. The summed E-state index contributed by atoms with van der Waals surface area (Å²) in [4.78, 5) is 12.3. The highest BCUT2D eigenvalue weighted by Gasteiger charge is 2.43. The Hall–Kier alpha value is -2.53. The standard InChI is InChI=1S/C21H23N5/c1-2-5-16(6-3-1)20-22-13-17-7-10-21(19(17)24-20)9-4-12-26(15-21)14-18-8-11-23-25-18/h1-3,5-6,8,11,13H,4,7,9-10,12,14-15H2,(H,23,25). The van der Waals surface area contributed by atoms with Gasteiger partial charge in [0.05, 0.1) is 5.69 Å². The third-order valence-electron chi connectivity index (χ3n) is 5.88. The second-order valence-corrected chi connectivity index (χ2v) is 7.61. The van der Waals surface area contributed by atoms with Gasteiger partial charge in [-0.1, -0.05) is 30.3 Å². The number of rotatable bonds is 3. The smallest absolute Gasteiger partial charge is 0.159 e. The lowest BCUT2D eigenvalue weighted by molar-refractivity contribution is 0.135. The van der Waals surface area contributed by atoms with Gasteiger partial charge in [0, 0.05) is 42.2 Å². The van der Waals surface area contributed by atoms with E-state index in [9.17, 15) is 0 Å². The topological polar surface area (TPSA) is 57.7 Å². The molecule has 1 N–H and O–H groups in total. The van der Waals surface area contributed by atoms with Crippen LogP contribution in [-0.2, 0) is 18.4 Å². The molecule has 5 nitrogen and oxygen atoms in total. The quantitative estimate of drug-likeness (QED) is 0.791. The van der Waals surface area contributed by atoms with Crippen LogP contribution in [0.4, 0.5) is 0 Å². The molecule has 5 heteroatoms. The molecule has 1 saturated heterocycles. The van der Waals surface area contributed by atoms with E-state index >= 15 is 0 Å². The molecule has 1 unspecified atom stereocenters. The third-order valence-corrected chi connectivity index (χ3v) is 5.88. The van der Waals surface area contributed by atoms with Crippen LogP contribution in [0.3, 0.4) is 0 Å². The predicted octanol–water partition coefficient (Wildman–Crippen LogP) is 3.35. The van der Waals surface area contributed by atoms with Gasteiger partial charge < -0.3 is 0 Å². The van der Waals surface area contributed by atoms with E-state index in [0.29, 0.717) is 0 Å². The summed E-state index contributed by atoms with van der Waals surface area (Å²) in [6.45, 7) is 3.16. The molecule has 5 rings (SSSR count). The first-order chi connectivity index (χ1) is 12.8. The van der Waals surface area contributed by atoms with Crippen LogP contribution in [0.15, 0.2) is 48.8 Å². The maximum Gasteiger partial charge on any atom is 0.159 e. The number of aromatic nitrogens is 4. The van der Waals surface area contributed by atoms with Gasteiger partial charge in [-0.2, -0.15) is 5.10 Å². The number of hydrogen-bond donors (Lipinski definition) is 1. The summed E-state index contributed by atoms with van der Waals surface area (Å²) in [5.41, 5.74) is 5.10. The Balaban J connectivity index is 1.46. The fraction of sp³-hybridized carbons (Fsp3) is 0.381. The van der Waals surface area contributed by atoms with Crippen molar-refractivity contribution in [2.75, 3.05) is 13.1 Å². The fourth-order valence-electron chi connectivity index (χ4n) is 4.64. The lowest BCUT2D eigenvalue weighted by Gasteiger charge is -2.40. The van der Waals surface area contributed by atoms with Gasteiger partial charge in [0.15, 0.2) is 5.82 Å².